The van der Waals surface area contributed by atoms with E-state index in [4.69, 9.17) is 6.42 Å². The Morgan fingerprint density at radius 1 is 1.38 bits per heavy atom. The number of rotatable bonds is 6. The lowest BCUT2D eigenvalue weighted by Gasteiger charge is -2.39. The lowest BCUT2D eigenvalue weighted by molar-refractivity contribution is -0.145. The zero-order valence-electron chi connectivity index (χ0n) is 14.5. The first-order chi connectivity index (χ1) is 12.2. The molecular weight excluding hydrogens is 356 g/mol. The lowest BCUT2D eigenvalue weighted by Crippen LogP contribution is -2.55. The van der Waals surface area contributed by atoms with Crippen LogP contribution in [0.1, 0.15) is 43.0 Å². The van der Waals surface area contributed by atoms with Gasteiger partial charge in [-0.1, -0.05) is 24.8 Å². The van der Waals surface area contributed by atoms with Gasteiger partial charge in [-0.3, -0.25) is 9.59 Å². The fraction of sp³-hybridized carbons (Fsp3) is 0.444. The molecule has 8 heteroatoms. The van der Waals surface area contributed by atoms with Crippen LogP contribution in [0.3, 0.4) is 0 Å². The first-order valence-corrected chi connectivity index (χ1v) is 9.76. The number of carboxylic acid groups (broad SMARTS) is 1. The summed E-state index contributed by atoms with van der Waals surface area (Å²) >= 11 is 0. The highest BCUT2D eigenvalue weighted by molar-refractivity contribution is 7.89. The summed E-state index contributed by atoms with van der Waals surface area (Å²) in [6.07, 6.45) is 7.74. The van der Waals surface area contributed by atoms with E-state index in [9.17, 15) is 23.1 Å². The van der Waals surface area contributed by atoms with Crippen molar-refractivity contribution in [3.8, 4) is 12.3 Å². The molecule has 140 valence electrons. The van der Waals surface area contributed by atoms with Gasteiger partial charge in [0.15, 0.2) is 0 Å². The van der Waals surface area contributed by atoms with Crippen molar-refractivity contribution in [2.45, 2.75) is 43.0 Å². The van der Waals surface area contributed by atoms with E-state index in [-0.39, 0.29) is 17.0 Å². The highest BCUT2D eigenvalue weighted by atomic mass is 32.2. The number of hydrogen-bond donors (Lipinski definition) is 3. The lowest BCUT2D eigenvalue weighted by atomic mass is 9.73. The zero-order chi connectivity index (χ0) is 19.4. The molecule has 0 saturated heterocycles. The van der Waals surface area contributed by atoms with E-state index in [0.717, 1.165) is 12.8 Å². The highest BCUT2D eigenvalue weighted by Gasteiger charge is 2.42. The predicted octanol–water partition coefficient (Wildman–Crippen LogP) is 1.36. The van der Waals surface area contributed by atoms with Crippen LogP contribution in [-0.4, -0.2) is 37.5 Å². The maximum atomic E-state index is 12.6. The molecule has 1 amide bonds. The van der Waals surface area contributed by atoms with E-state index in [2.05, 4.69) is 16.0 Å². The van der Waals surface area contributed by atoms with Gasteiger partial charge in [0.1, 0.15) is 0 Å². The van der Waals surface area contributed by atoms with Gasteiger partial charge < -0.3 is 10.4 Å². The maximum Gasteiger partial charge on any atom is 0.308 e. The number of nitrogens with one attached hydrogen (secondary N) is 2. The van der Waals surface area contributed by atoms with Crippen molar-refractivity contribution in [3.63, 3.8) is 0 Å². The van der Waals surface area contributed by atoms with Crippen LogP contribution >= 0.6 is 0 Å². The standard InChI is InChI=1S/C18H22N2O5S/c1-3-11-19-26(24,25)14-8-6-7-13(12-14)16(21)20-18(2)10-5-4-9-15(18)17(22)23/h1,6-8,12,15,19H,4-5,9-11H2,2H3,(H,20,21)(H,22,23). The molecule has 1 fully saturated rings. The quantitative estimate of drug-likeness (QED) is 0.647. The summed E-state index contributed by atoms with van der Waals surface area (Å²) in [7, 11) is -3.82. The monoisotopic (exact) mass is 378 g/mol. The number of hydrogen-bond acceptors (Lipinski definition) is 4. The van der Waals surface area contributed by atoms with E-state index < -0.39 is 33.4 Å². The molecule has 3 N–H and O–H groups in total. The van der Waals surface area contributed by atoms with Gasteiger partial charge in [0.25, 0.3) is 5.91 Å². The van der Waals surface area contributed by atoms with Gasteiger partial charge >= 0.3 is 5.97 Å². The molecule has 0 radical (unpaired) electrons. The summed E-state index contributed by atoms with van der Waals surface area (Å²) in [4.78, 5) is 24.1. The van der Waals surface area contributed by atoms with Crippen molar-refractivity contribution in [2.75, 3.05) is 6.54 Å². The van der Waals surface area contributed by atoms with Crippen molar-refractivity contribution in [3.05, 3.63) is 29.8 Å². The third-order valence-corrected chi connectivity index (χ3v) is 6.07. The number of benzene rings is 1. The molecule has 0 heterocycles. The van der Waals surface area contributed by atoms with Crippen molar-refractivity contribution in [1.29, 1.82) is 0 Å². The molecule has 2 atom stereocenters. The van der Waals surface area contributed by atoms with Crippen LogP contribution in [0, 0.1) is 18.3 Å². The fourth-order valence-electron chi connectivity index (χ4n) is 3.24. The smallest absolute Gasteiger partial charge is 0.308 e. The van der Waals surface area contributed by atoms with Crippen LogP contribution in [0.25, 0.3) is 0 Å². The normalized spacial score (nSPS) is 23.0. The third kappa shape index (κ3) is 4.42. The molecule has 26 heavy (non-hydrogen) atoms. The molecular formula is C18H22N2O5S. The molecule has 2 unspecified atom stereocenters. The molecule has 0 aliphatic heterocycles. The number of carboxylic acids is 1. The van der Waals surface area contributed by atoms with Crippen LogP contribution < -0.4 is 10.0 Å². The Hall–Kier alpha value is -2.37. The summed E-state index contributed by atoms with van der Waals surface area (Å²) in [5, 5.41) is 12.2. The third-order valence-electron chi connectivity index (χ3n) is 4.68. The molecule has 1 aliphatic carbocycles. The number of aliphatic carboxylic acids is 1. The molecule has 7 nitrogen and oxygen atoms in total. The Morgan fingerprint density at radius 2 is 2.12 bits per heavy atom. The zero-order valence-corrected chi connectivity index (χ0v) is 15.3. The van der Waals surface area contributed by atoms with Gasteiger partial charge in [0.05, 0.1) is 22.9 Å². The van der Waals surface area contributed by atoms with E-state index >= 15 is 0 Å². The number of terminal acetylenes is 1. The predicted molar refractivity (Wildman–Crippen MR) is 95.9 cm³/mol. The molecule has 1 aromatic rings. The van der Waals surface area contributed by atoms with Crippen molar-refractivity contribution >= 4 is 21.9 Å². The van der Waals surface area contributed by atoms with Crippen molar-refractivity contribution in [2.24, 2.45) is 5.92 Å². The van der Waals surface area contributed by atoms with Gasteiger partial charge in [0, 0.05) is 5.56 Å². The Labute approximate surface area is 153 Å². The Balaban J connectivity index is 2.24. The van der Waals surface area contributed by atoms with Crippen LogP contribution in [0.15, 0.2) is 29.2 Å². The molecule has 0 bridgehead atoms. The van der Waals surface area contributed by atoms with Crippen molar-refractivity contribution < 1.29 is 23.1 Å². The van der Waals surface area contributed by atoms with Gasteiger partial charge in [0.2, 0.25) is 10.0 Å². The number of carbonyl (C=O) groups excluding carboxylic acids is 1. The minimum Gasteiger partial charge on any atom is -0.481 e. The summed E-state index contributed by atoms with van der Waals surface area (Å²) in [5.74, 6) is 0.0566. The minimum absolute atomic E-state index is 0.0796. The highest BCUT2D eigenvalue weighted by Crippen LogP contribution is 2.34. The number of carbonyl (C=O) groups is 2. The number of sulfonamides is 1. The second kappa shape index (κ2) is 7.89. The summed E-state index contributed by atoms with van der Waals surface area (Å²) < 4.78 is 26.5. The van der Waals surface area contributed by atoms with E-state index in [1.54, 1.807) is 6.92 Å². The van der Waals surface area contributed by atoms with Crippen molar-refractivity contribution in [1.82, 2.24) is 10.0 Å². The number of amides is 1. The Bertz CT molecular complexity index is 843. The fourth-order valence-corrected chi connectivity index (χ4v) is 4.21. The van der Waals surface area contributed by atoms with Crippen LogP contribution in [-0.2, 0) is 14.8 Å². The first kappa shape index (κ1) is 19.9. The van der Waals surface area contributed by atoms with Crippen LogP contribution in [0.4, 0.5) is 0 Å². The van der Waals surface area contributed by atoms with Gasteiger partial charge in [-0.2, -0.15) is 4.72 Å². The molecule has 1 saturated carbocycles. The van der Waals surface area contributed by atoms with Gasteiger partial charge in [-0.15, -0.1) is 6.42 Å². The molecule has 0 spiro atoms. The Kier molecular flexibility index (Phi) is 6.05. The molecule has 1 aliphatic rings. The van der Waals surface area contributed by atoms with E-state index in [0.29, 0.717) is 12.8 Å². The van der Waals surface area contributed by atoms with Crippen LogP contribution in [0.5, 0.6) is 0 Å². The SMILES string of the molecule is C#CCNS(=O)(=O)c1cccc(C(=O)NC2(C)CCCCC2C(=O)O)c1. The summed E-state index contributed by atoms with van der Waals surface area (Å²) in [6, 6.07) is 5.54. The average molecular weight is 378 g/mol. The van der Waals surface area contributed by atoms with E-state index in [1.807, 2.05) is 0 Å². The van der Waals surface area contributed by atoms with Crippen LogP contribution in [0.2, 0.25) is 0 Å². The largest absolute Gasteiger partial charge is 0.481 e. The average Bonchev–Trinajstić information content (AvgIpc) is 2.60. The van der Waals surface area contributed by atoms with Gasteiger partial charge in [-0.05, 0) is 38.0 Å². The summed E-state index contributed by atoms with van der Waals surface area (Å²) in [5.41, 5.74) is -0.734. The molecule has 2 rings (SSSR count). The van der Waals surface area contributed by atoms with Gasteiger partial charge in [-0.25, -0.2) is 8.42 Å². The van der Waals surface area contributed by atoms with E-state index in [1.165, 1.54) is 24.3 Å². The molecule has 0 aromatic heterocycles. The Morgan fingerprint density at radius 3 is 2.77 bits per heavy atom. The first-order valence-electron chi connectivity index (χ1n) is 8.28. The second-order valence-electron chi connectivity index (χ2n) is 6.56. The minimum atomic E-state index is -3.82. The topological polar surface area (TPSA) is 113 Å². The second-order valence-corrected chi connectivity index (χ2v) is 8.33. The summed E-state index contributed by atoms with van der Waals surface area (Å²) in [6.45, 7) is 1.56. The molecule has 1 aromatic carbocycles. The maximum absolute atomic E-state index is 12.6.